The molecule has 0 aromatic heterocycles. The Balaban J connectivity index is 1.62. The van der Waals surface area contributed by atoms with Crippen molar-refractivity contribution in [1.29, 1.82) is 0 Å². The van der Waals surface area contributed by atoms with E-state index in [1.807, 2.05) is 37.3 Å². The molecule has 0 bridgehead atoms. The first-order valence-corrected chi connectivity index (χ1v) is 14.4. The third-order valence-electron chi connectivity index (χ3n) is 8.24. The van der Waals surface area contributed by atoms with Gasteiger partial charge in [0.05, 0.1) is 36.4 Å². The monoisotopic (exact) mass is 617 g/mol. The Hall–Kier alpha value is -2.67. The number of halogens is 6. The van der Waals surface area contributed by atoms with Crippen LogP contribution in [0.4, 0.5) is 26.3 Å². The van der Waals surface area contributed by atoms with Gasteiger partial charge in [-0.05, 0) is 74.9 Å². The molecule has 238 valence electrons. The molecule has 2 aromatic rings. The van der Waals surface area contributed by atoms with Crippen molar-refractivity contribution >= 4 is 5.97 Å². The molecule has 5 unspecified atom stereocenters. The largest absolute Gasteiger partial charge is 0.466 e. The van der Waals surface area contributed by atoms with Crippen molar-refractivity contribution in [2.75, 3.05) is 39.5 Å². The molecule has 43 heavy (non-hydrogen) atoms. The molecular formula is C31H37F6NO5. The Bertz CT molecular complexity index is 1190. The fourth-order valence-corrected chi connectivity index (χ4v) is 6.13. The molecular weight excluding hydrogens is 580 g/mol. The molecule has 2 aliphatic heterocycles. The highest BCUT2D eigenvalue weighted by Gasteiger charge is 2.43. The summed E-state index contributed by atoms with van der Waals surface area (Å²) in [6.45, 7) is 5.10. The first-order valence-electron chi connectivity index (χ1n) is 14.4. The number of carbonyl (C=O) groups excluding carboxylic acids is 1. The molecule has 0 aliphatic carbocycles. The second-order valence-corrected chi connectivity index (χ2v) is 11.5. The van der Waals surface area contributed by atoms with E-state index < -0.39 is 59.4 Å². The van der Waals surface area contributed by atoms with Crippen LogP contribution in [-0.2, 0) is 31.4 Å². The number of likely N-dealkylation sites (tertiary alicyclic amines) is 1. The zero-order valence-electron chi connectivity index (χ0n) is 24.1. The van der Waals surface area contributed by atoms with Gasteiger partial charge in [-0.3, -0.25) is 4.79 Å². The van der Waals surface area contributed by atoms with Gasteiger partial charge in [0, 0.05) is 19.0 Å². The topological polar surface area (TPSA) is 68.2 Å². The lowest BCUT2D eigenvalue weighted by atomic mass is 9.78. The van der Waals surface area contributed by atoms with Crippen LogP contribution in [0.1, 0.15) is 67.4 Å². The van der Waals surface area contributed by atoms with Gasteiger partial charge in [-0.15, -0.1) is 0 Å². The van der Waals surface area contributed by atoms with Gasteiger partial charge < -0.3 is 24.2 Å². The standard InChI is InChI=1S/C31H37F6NO5/c1-3-41-28(40)29(2)11-7-12-38(19-29)17-21-10-13-42-27(26(21)20-8-5-4-6-9-20)43-25(18-39)22-14-23(30(32,33)34)16-24(15-22)31(35,36)37/h4-6,8-9,14-16,21,25-27,39H,3,7,10-13,17-19H2,1-2H3. The number of hydrogen-bond acceptors (Lipinski definition) is 6. The van der Waals surface area contributed by atoms with E-state index in [4.69, 9.17) is 14.2 Å². The number of ether oxygens (including phenoxy) is 3. The Labute approximate surface area is 246 Å². The SMILES string of the molecule is CCOC(=O)C1(C)CCCN(CC2CCOC(OC(CO)c3cc(C(F)(F)F)cc(C(F)(F)F)c3)C2c2ccccc2)C1. The molecule has 0 saturated carbocycles. The summed E-state index contributed by atoms with van der Waals surface area (Å²) in [4.78, 5) is 14.9. The van der Waals surface area contributed by atoms with Crippen molar-refractivity contribution < 1.29 is 50.5 Å². The zero-order valence-corrected chi connectivity index (χ0v) is 24.1. The van der Waals surface area contributed by atoms with E-state index in [0.717, 1.165) is 18.5 Å². The summed E-state index contributed by atoms with van der Waals surface area (Å²) in [5.74, 6) is -0.789. The minimum atomic E-state index is -5.04. The Kier molecular flexibility index (Phi) is 10.5. The van der Waals surface area contributed by atoms with Crippen molar-refractivity contribution in [3.05, 3.63) is 70.8 Å². The fraction of sp³-hybridized carbons (Fsp3) is 0.581. The number of alkyl halides is 6. The molecule has 2 heterocycles. The second-order valence-electron chi connectivity index (χ2n) is 11.5. The maximum absolute atomic E-state index is 13.5. The molecule has 4 rings (SSSR count). The highest BCUT2D eigenvalue weighted by molar-refractivity contribution is 5.76. The number of esters is 1. The average molecular weight is 618 g/mol. The van der Waals surface area contributed by atoms with E-state index in [1.54, 1.807) is 6.92 Å². The predicted molar refractivity (Wildman–Crippen MR) is 145 cm³/mol. The van der Waals surface area contributed by atoms with Crippen LogP contribution >= 0.6 is 0 Å². The van der Waals surface area contributed by atoms with Gasteiger partial charge in [-0.1, -0.05) is 30.3 Å². The minimum Gasteiger partial charge on any atom is -0.466 e. The lowest BCUT2D eigenvalue weighted by molar-refractivity contribution is -0.219. The van der Waals surface area contributed by atoms with Crippen LogP contribution < -0.4 is 0 Å². The maximum atomic E-state index is 13.5. The van der Waals surface area contributed by atoms with E-state index >= 15 is 0 Å². The van der Waals surface area contributed by atoms with E-state index in [-0.39, 0.29) is 31.2 Å². The van der Waals surface area contributed by atoms with Crippen LogP contribution in [0.25, 0.3) is 0 Å². The maximum Gasteiger partial charge on any atom is 0.416 e. The third kappa shape index (κ3) is 8.09. The molecule has 6 nitrogen and oxygen atoms in total. The summed E-state index contributed by atoms with van der Waals surface area (Å²) in [5.41, 5.74) is -3.28. The molecule has 2 saturated heterocycles. The van der Waals surface area contributed by atoms with Crippen LogP contribution in [-0.4, -0.2) is 61.7 Å². The van der Waals surface area contributed by atoms with Gasteiger partial charge in [0.2, 0.25) is 0 Å². The molecule has 0 radical (unpaired) electrons. The first kappa shape index (κ1) is 33.2. The highest BCUT2D eigenvalue weighted by Crippen LogP contribution is 2.42. The summed E-state index contributed by atoms with van der Waals surface area (Å²) in [7, 11) is 0. The van der Waals surface area contributed by atoms with Gasteiger partial charge >= 0.3 is 18.3 Å². The zero-order chi connectivity index (χ0) is 31.4. The average Bonchev–Trinajstić information content (AvgIpc) is 2.95. The number of aliphatic hydroxyl groups is 1. The summed E-state index contributed by atoms with van der Waals surface area (Å²) in [6.07, 6.45) is -10.6. The van der Waals surface area contributed by atoms with Gasteiger partial charge in [0.15, 0.2) is 6.29 Å². The van der Waals surface area contributed by atoms with Crippen molar-refractivity contribution in [3.8, 4) is 0 Å². The number of piperidine rings is 1. The lowest BCUT2D eigenvalue weighted by Crippen LogP contribution is -2.50. The Morgan fingerprint density at radius 2 is 1.74 bits per heavy atom. The first-order chi connectivity index (χ1) is 20.2. The third-order valence-corrected chi connectivity index (χ3v) is 8.24. The Morgan fingerprint density at radius 1 is 1.09 bits per heavy atom. The summed E-state index contributed by atoms with van der Waals surface area (Å²) < 4.78 is 98.6. The molecule has 2 aliphatic rings. The normalized spacial score (nSPS) is 26.2. The molecule has 5 atom stereocenters. The quantitative estimate of drug-likeness (QED) is 0.253. The van der Waals surface area contributed by atoms with Gasteiger partial charge in [0.1, 0.15) is 6.10 Å². The van der Waals surface area contributed by atoms with Crippen molar-refractivity contribution in [3.63, 3.8) is 0 Å². The van der Waals surface area contributed by atoms with Crippen LogP contribution in [0, 0.1) is 11.3 Å². The van der Waals surface area contributed by atoms with E-state index in [0.29, 0.717) is 38.1 Å². The summed E-state index contributed by atoms with van der Waals surface area (Å²) in [6, 6.07) is 10.4. The summed E-state index contributed by atoms with van der Waals surface area (Å²) in [5, 5.41) is 10.1. The van der Waals surface area contributed by atoms with E-state index in [9.17, 15) is 36.2 Å². The van der Waals surface area contributed by atoms with Gasteiger partial charge in [0.25, 0.3) is 0 Å². The number of aliphatic hydroxyl groups excluding tert-OH is 1. The Morgan fingerprint density at radius 3 is 2.33 bits per heavy atom. The van der Waals surface area contributed by atoms with Crippen molar-refractivity contribution in [1.82, 2.24) is 4.90 Å². The smallest absolute Gasteiger partial charge is 0.416 e. The van der Waals surface area contributed by atoms with Crippen LogP contribution in [0.15, 0.2) is 48.5 Å². The van der Waals surface area contributed by atoms with Crippen LogP contribution in [0.5, 0.6) is 0 Å². The molecule has 2 aromatic carbocycles. The summed E-state index contributed by atoms with van der Waals surface area (Å²) >= 11 is 0. The molecule has 0 amide bonds. The molecule has 2 fully saturated rings. The molecule has 12 heteroatoms. The molecule has 0 spiro atoms. The fourth-order valence-electron chi connectivity index (χ4n) is 6.13. The predicted octanol–water partition coefficient (Wildman–Crippen LogP) is 6.59. The lowest BCUT2D eigenvalue weighted by Gasteiger charge is -2.44. The number of rotatable bonds is 9. The van der Waals surface area contributed by atoms with E-state index in [1.165, 1.54) is 0 Å². The number of benzene rings is 2. The van der Waals surface area contributed by atoms with E-state index in [2.05, 4.69) is 4.90 Å². The van der Waals surface area contributed by atoms with Crippen molar-refractivity contribution in [2.45, 2.75) is 63.8 Å². The van der Waals surface area contributed by atoms with Crippen molar-refractivity contribution in [2.24, 2.45) is 11.3 Å². The number of carbonyl (C=O) groups is 1. The minimum absolute atomic E-state index is 0.0422. The number of hydrogen-bond donors (Lipinski definition) is 1. The van der Waals surface area contributed by atoms with Gasteiger partial charge in [-0.2, -0.15) is 26.3 Å². The second kappa shape index (κ2) is 13.5. The highest BCUT2D eigenvalue weighted by atomic mass is 19.4. The van der Waals surface area contributed by atoms with Crippen LogP contribution in [0.2, 0.25) is 0 Å². The van der Waals surface area contributed by atoms with Crippen LogP contribution in [0.3, 0.4) is 0 Å². The number of nitrogens with zero attached hydrogens (tertiary/aromatic N) is 1. The molecule has 1 N–H and O–H groups in total. The van der Waals surface area contributed by atoms with Gasteiger partial charge in [-0.25, -0.2) is 0 Å².